The Bertz CT molecular complexity index is 4950. The SMILES string of the molecule is COc1cc(C=CC(=O)O[C@H]2[C@H](O[C@H]3[C@H](Oc4cc5c(O[C@@H]6O[C@H](COC(=O)CC(=O)O)[C@@H](O)[C@H](O)[C@H]6O)cc(O)cc5[o+]c4-c4ccc(O)c(O)c4)O[C@H](COC(=O)/C=C/c4ccc(O[C@@H]5O[C@H](COC(=O)C=Cc6ccc(C(=O)C=Cc7ccc(O)c(OC)c7)c(OC)c6)[C@@H](O)[C@H](O)[C@H]5O)cc4)[C@@H](O)[C@@H]3O)O[C@H](CO)[C@@H](O)[C@@H]2O)ccc1O. The third kappa shape index (κ3) is 21.5. The number of esters is 4. The van der Waals surface area contributed by atoms with Crippen LogP contribution < -0.4 is 28.4 Å². The highest BCUT2D eigenvalue weighted by Crippen LogP contribution is 2.45. The first-order valence-corrected chi connectivity index (χ1v) is 36.4. The Labute approximate surface area is 678 Å². The molecule has 39 nitrogen and oxygen atoms in total. The molecule has 0 unspecified atom stereocenters. The molecule has 4 aliphatic heterocycles. The zero-order chi connectivity index (χ0) is 86.5. The maximum atomic E-state index is 13.6. The van der Waals surface area contributed by atoms with Crippen LogP contribution in [-0.4, -0.2) is 293 Å². The summed E-state index contributed by atoms with van der Waals surface area (Å²) in [5, 5.41) is 184. The number of hydrogen-bond donors (Lipinski definition) is 17. The maximum Gasteiger partial charge on any atom is 0.402 e. The van der Waals surface area contributed by atoms with Crippen LogP contribution in [0.5, 0.6) is 63.2 Å². The van der Waals surface area contributed by atoms with Gasteiger partial charge in [-0.3, -0.25) is 14.4 Å². The summed E-state index contributed by atoms with van der Waals surface area (Å²) in [4.78, 5) is 76.7. The zero-order valence-electron chi connectivity index (χ0n) is 63.3. The van der Waals surface area contributed by atoms with Crippen molar-refractivity contribution >= 4 is 70.9 Å². The van der Waals surface area contributed by atoms with Gasteiger partial charge in [-0.1, -0.05) is 36.4 Å². The van der Waals surface area contributed by atoms with E-state index in [2.05, 4.69) is 0 Å². The fourth-order valence-corrected chi connectivity index (χ4v) is 12.6. The van der Waals surface area contributed by atoms with Crippen molar-refractivity contribution in [2.45, 2.75) is 129 Å². The number of carboxylic acids is 1. The summed E-state index contributed by atoms with van der Waals surface area (Å²) < 4.78 is 91.5. The minimum absolute atomic E-state index is 0.0114. The van der Waals surface area contributed by atoms with E-state index in [1.807, 2.05) is 0 Å². The first-order chi connectivity index (χ1) is 57.3. The molecule has 7 aromatic rings. The lowest BCUT2D eigenvalue weighted by Crippen LogP contribution is -2.65. The number of carbonyl (C=O) groups excluding carboxylic acids is 5. The highest BCUT2D eigenvalue weighted by Gasteiger charge is 2.55. The molecule has 4 aliphatic rings. The minimum Gasteiger partial charge on any atom is -0.507 e. The van der Waals surface area contributed by atoms with E-state index in [9.17, 15) is 110 Å². The molecule has 11 rings (SSSR count). The maximum absolute atomic E-state index is 13.6. The molecule has 120 heavy (non-hydrogen) atoms. The van der Waals surface area contributed by atoms with E-state index in [0.29, 0.717) is 16.7 Å². The summed E-state index contributed by atoms with van der Waals surface area (Å²) in [6.45, 7) is -3.51. The molecular weight excluding hydrogens is 1600 g/mol. The van der Waals surface area contributed by atoms with Crippen LogP contribution in [0.1, 0.15) is 39.0 Å². The number of methoxy groups -OCH3 is 3. The number of ether oxygens (including phenoxy) is 15. The monoisotopic (exact) mass is 1680 g/mol. The van der Waals surface area contributed by atoms with Gasteiger partial charge in [0.05, 0.1) is 45.1 Å². The molecule has 0 bridgehead atoms. The Morgan fingerprint density at radius 1 is 0.417 bits per heavy atom. The molecule has 6 aromatic carbocycles. The van der Waals surface area contributed by atoms with Gasteiger partial charge in [0.15, 0.2) is 58.8 Å². The van der Waals surface area contributed by atoms with Crippen LogP contribution in [0.15, 0.2) is 144 Å². The van der Waals surface area contributed by atoms with Crippen LogP contribution in [0.25, 0.3) is 46.6 Å². The largest absolute Gasteiger partial charge is 0.507 e. The van der Waals surface area contributed by atoms with E-state index in [1.54, 1.807) is 6.07 Å². The normalized spacial score (nSPS) is 26.9. The number of carbonyl (C=O) groups is 6. The van der Waals surface area contributed by atoms with Gasteiger partial charge in [-0.2, -0.15) is 0 Å². The van der Waals surface area contributed by atoms with Gasteiger partial charge in [0.1, 0.15) is 140 Å². The number of aromatic hydroxyl groups is 5. The van der Waals surface area contributed by atoms with Crippen LogP contribution in [0.3, 0.4) is 0 Å². The van der Waals surface area contributed by atoms with Crippen LogP contribution in [-0.2, 0) is 66.6 Å². The van der Waals surface area contributed by atoms with Gasteiger partial charge in [-0.05, 0) is 107 Å². The Balaban J connectivity index is 0.806. The molecule has 0 saturated carbocycles. The lowest BCUT2D eigenvalue weighted by Gasteiger charge is -2.46. The quantitative estimate of drug-likeness (QED) is 0.00548. The molecule has 39 heteroatoms. The van der Waals surface area contributed by atoms with E-state index in [1.165, 1.54) is 131 Å². The van der Waals surface area contributed by atoms with Crippen molar-refractivity contribution in [3.8, 4) is 74.6 Å². The fraction of sp³-hybridized carbons (Fsp3) is 0.346. The number of fused-ring (bicyclic) bond motifs is 1. The summed E-state index contributed by atoms with van der Waals surface area (Å²) in [5.74, 6) is -9.99. The Morgan fingerprint density at radius 3 is 1.46 bits per heavy atom. The lowest BCUT2D eigenvalue weighted by atomic mass is 9.97. The Kier molecular flexibility index (Phi) is 29.3. The molecule has 0 aliphatic carbocycles. The highest BCUT2D eigenvalue weighted by atomic mass is 16.8. The van der Waals surface area contributed by atoms with Gasteiger partial charge in [-0.25, -0.2) is 18.8 Å². The Hall–Kier alpha value is -12.1. The minimum atomic E-state index is -2.32. The van der Waals surface area contributed by atoms with Gasteiger partial charge < -0.3 is 158 Å². The first-order valence-electron chi connectivity index (χ1n) is 36.4. The standard InChI is InChI=1S/C81H82O39/c1-105-50-24-37(6-16-43(50)45(84)17-7-38-8-18-47(86)53(25-38)106-2)11-22-62(92)108-33-57-66(96)69(99)73(103)78(116-57)111-42-14-4-36(5-15-42)10-21-61(91)109-34-59-68(98)72(102)77(120-81-76(71(101)65(95)56(32-82)115-81)119-63(93)23-12-39-9-19-48(87)54(26-39)107-3)80(118-59)114-55-30-44-51(112-75(55)40-13-20-46(85)49(88)27-40)28-41(83)29-52(44)113-79-74(104)70(100)67(97)58(117-79)35-110-64(94)31-60(89)90/h4-30,56-59,65-74,76-82,95-104H,31-35H2,1-3H3,(H5-,83,84,85,86,87,88,89,90,92,93)/p+1/b21-10+/t56-,57-,58-,59-,65-,66-,67-,68-,69+,70+,71+,72+,73-,74-,76-,77-,78-,79-,80-,81+/m1/s1. The molecule has 4 fully saturated rings. The van der Waals surface area contributed by atoms with Crippen molar-refractivity contribution < 1.29 is 191 Å². The summed E-state index contributed by atoms with van der Waals surface area (Å²) >= 11 is 0. The van der Waals surface area contributed by atoms with E-state index in [0.717, 1.165) is 48.6 Å². The number of hydrogen-bond acceptors (Lipinski definition) is 37. The second kappa shape index (κ2) is 39.6. The van der Waals surface area contributed by atoms with Crippen molar-refractivity contribution in [2.75, 3.05) is 47.8 Å². The van der Waals surface area contributed by atoms with Gasteiger partial charge in [0.25, 0.3) is 0 Å². The van der Waals surface area contributed by atoms with Crippen molar-refractivity contribution in [3.63, 3.8) is 0 Å². The van der Waals surface area contributed by atoms with Crippen LogP contribution in [0, 0.1) is 0 Å². The van der Waals surface area contributed by atoms with Crippen LogP contribution in [0.2, 0.25) is 0 Å². The Morgan fingerprint density at radius 2 is 0.892 bits per heavy atom. The third-order valence-electron chi connectivity index (χ3n) is 19.1. The number of carboxylic acid groups (broad SMARTS) is 1. The molecule has 5 heterocycles. The molecule has 0 radical (unpaired) electrons. The molecular formula is C81H83O39+. The fourth-order valence-electron chi connectivity index (χ4n) is 12.6. The second-order valence-corrected chi connectivity index (χ2v) is 27.2. The summed E-state index contributed by atoms with van der Waals surface area (Å²) in [6, 6.07) is 24.8. The van der Waals surface area contributed by atoms with Gasteiger partial charge in [0, 0.05) is 36.4 Å². The second-order valence-electron chi connectivity index (χ2n) is 27.2. The molecule has 4 saturated heterocycles. The van der Waals surface area contributed by atoms with Crippen molar-refractivity contribution in [2.24, 2.45) is 0 Å². The smallest absolute Gasteiger partial charge is 0.402 e. The van der Waals surface area contributed by atoms with Gasteiger partial charge >= 0.3 is 41.2 Å². The summed E-state index contributed by atoms with van der Waals surface area (Å²) in [6.07, 6.45) is -31.3. The van der Waals surface area contributed by atoms with Crippen LogP contribution >= 0.6 is 0 Å². The number of aliphatic hydroxyl groups is 11. The van der Waals surface area contributed by atoms with E-state index < -0.39 is 226 Å². The number of aliphatic hydroxyl groups excluding tert-OH is 11. The lowest BCUT2D eigenvalue weighted by molar-refractivity contribution is -0.358. The molecule has 640 valence electrons. The number of rotatable bonds is 31. The van der Waals surface area contributed by atoms with Crippen molar-refractivity contribution in [3.05, 3.63) is 167 Å². The topological polar surface area (TPSA) is 596 Å². The molecule has 1 aromatic heterocycles. The molecule has 0 spiro atoms. The number of ketones is 1. The van der Waals surface area contributed by atoms with Gasteiger partial charge in [0.2, 0.25) is 24.6 Å². The van der Waals surface area contributed by atoms with Crippen molar-refractivity contribution in [1.29, 1.82) is 0 Å². The van der Waals surface area contributed by atoms with E-state index in [4.69, 9.17) is 80.6 Å². The molecule has 17 N–H and O–H groups in total. The van der Waals surface area contributed by atoms with Gasteiger partial charge in [-0.15, -0.1) is 0 Å². The predicted molar refractivity (Wildman–Crippen MR) is 404 cm³/mol. The average Bonchev–Trinajstić information content (AvgIpc) is 0.761. The molecule has 20 atom stereocenters. The first kappa shape index (κ1) is 88.7. The van der Waals surface area contributed by atoms with Crippen LogP contribution in [0.4, 0.5) is 0 Å². The number of aliphatic carboxylic acids is 1. The number of allylic oxidation sites excluding steroid dienone is 1. The van der Waals surface area contributed by atoms with Crippen molar-refractivity contribution in [1.82, 2.24) is 0 Å². The number of phenols is 5. The number of phenolic OH excluding ortho intramolecular Hbond substituents is 5. The third-order valence-corrected chi connectivity index (χ3v) is 19.1. The summed E-state index contributed by atoms with van der Waals surface area (Å²) in [5.41, 5.74) is 1.27. The molecule has 0 amide bonds. The number of benzene rings is 6. The van der Waals surface area contributed by atoms with E-state index >= 15 is 0 Å². The zero-order valence-corrected chi connectivity index (χ0v) is 63.3. The average molecular weight is 1680 g/mol. The summed E-state index contributed by atoms with van der Waals surface area (Å²) in [7, 11) is 4.00. The highest BCUT2D eigenvalue weighted by molar-refractivity contribution is 6.09. The van der Waals surface area contributed by atoms with E-state index in [-0.39, 0.29) is 62.2 Å². The predicted octanol–water partition coefficient (Wildman–Crippen LogP) is 1.01.